The summed E-state index contributed by atoms with van der Waals surface area (Å²) in [4.78, 5) is 2.47. The average Bonchev–Trinajstić information content (AvgIpc) is 2.65. The number of hydrogen-bond acceptors (Lipinski definition) is 3. The molecule has 1 aliphatic heterocycles. The van der Waals surface area contributed by atoms with E-state index >= 15 is 0 Å². The number of nitrogens with zero attached hydrogens (tertiary/aromatic N) is 2. The van der Waals surface area contributed by atoms with Crippen molar-refractivity contribution < 1.29 is 0 Å². The first-order valence-corrected chi connectivity index (χ1v) is 7.55. The molecule has 2 rings (SSSR count). The lowest BCUT2D eigenvalue weighted by Gasteiger charge is -2.29. The van der Waals surface area contributed by atoms with Crippen molar-refractivity contribution in [3.8, 4) is 6.07 Å². The van der Waals surface area contributed by atoms with Crippen LogP contribution in [0, 0.1) is 18.3 Å². The highest BCUT2D eigenvalue weighted by atomic mass is 15.2. The Hall–Kier alpha value is -1.53. The Balaban J connectivity index is 2.10. The Morgan fingerprint density at radius 2 is 1.90 bits per heavy atom. The van der Waals surface area contributed by atoms with Crippen LogP contribution in [0.1, 0.15) is 38.7 Å². The molecule has 1 atom stereocenters. The van der Waals surface area contributed by atoms with Gasteiger partial charge in [-0.15, -0.1) is 0 Å². The van der Waals surface area contributed by atoms with E-state index in [1.54, 1.807) is 0 Å². The summed E-state index contributed by atoms with van der Waals surface area (Å²) < 4.78 is 0. The zero-order valence-electron chi connectivity index (χ0n) is 12.8. The van der Waals surface area contributed by atoms with Crippen molar-refractivity contribution in [1.82, 2.24) is 4.90 Å². The molecule has 108 valence electrons. The maximum absolute atomic E-state index is 9.68. The molecule has 1 N–H and O–H groups in total. The highest BCUT2D eigenvalue weighted by Gasteiger charge is 2.33. The van der Waals surface area contributed by atoms with Gasteiger partial charge in [-0.25, -0.2) is 0 Å². The fourth-order valence-electron chi connectivity index (χ4n) is 2.85. The summed E-state index contributed by atoms with van der Waals surface area (Å²) in [7, 11) is 0. The molecule has 0 amide bonds. The normalized spacial score (nSPS) is 24.1. The van der Waals surface area contributed by atoms with Crippen LogP contribution in [0.2, 0.25) is 0 Å². The molecule has 1 unspecified atom stereocenters. The maximum Gasteiger partial charge on any atom is 0.126 e. The summed E-state index contributed by atoms with van der Waals surface area (Å²) >= 11 is 0. The Bertz CT molecular complexity index is 472. The summed E-state index contributed by atoms with van der Waals surface area (Å²) in [6.07, 6.45) is 2.88. The fourth-order valence-corrected chi connectivity index (χ4v) is 2.85. The molecule has 3 heteroatoms. The van der Waals surface area contributed by atoms with Crippen LogP contribution in [0.15, 0.2) is 24.3 Å². The molecule has 0 radical (unpaired) electrons. The SMILES string of the molecule is Cc1ccc(NC2(C#N)CCCN(C(C)C)CC2)cc1. The van der Waals surface area contributed by atoms with Crippen molar-refractivity contribution in [2.75, 3.05) is 18.4 Å². The van der Waals surface area contributed by atoms with E-state index in [0.29, 0.717) is 6.04 Å². The van der Waals surface area contributed by atoms with Gasteiger partial charge < -0.3 is 10.2 Å². The highest BCUT2D eigenvalue weighted by Crippen LogP contribution is 2.27. The quantitative estimate of drug-likeness (QED) is 0.913. The van der Waals surface area contributed by atoms with E-state index in [4.69, 9.17) is 0 Å². The molecule has 1 saturated heterocycles. The van der Waals surface area contributed by atoms with Crippen LogP contribution in [0.3, 0.4) is 0 Å². The summed E-state index contributed by atoms with van der Waals surface area (Å²) in [6, 6.07) is 11.4. The Morgan fingerprint density at radius 1 is 1.20 bits per heavy atom. The molecule has 0 saturated carbocycles. The largest absolute Gasteiger partial charge is 0.367 e. The van der Waals surface area contributed by atoms with Gasteiger partial charge in [-0.05, 0) is 58.7 Å². The second-order valence-corrected chi connectivity index (χ2v) is 6.17. The minimum Gasteiger partial charge on any atom is -0.367 e. The number of benzene rings is 1. The first-order valence-electron chi connectivity index (χ1n) is 7.55. The standard InChI is InChI=1S/C17H25N3/c1-14(2)20-11-4-9-17(13-18,10-12-20)19-16-7-5-15(3)6-8-16/h5-8,14,19H,4,9-12H2,1-3H3. The monoisotopic (exact) mass is 271 g/mol. The summed E-state index contributed by atoms with van der Waals surface area (Å²) in [5, 5.41) is 13.2. The van der Waals surface area contributed by atoms with Crippen LogP contribution in [-0.2, 0) is 0 Å². The minimum atomic E-state index is -0.418. The molecule has 3 nitrogen and oxygen atoms in total. The molecule has 0 spiro atoms. The molecule has 1 aromatic carbocycles. The van der Waals surface area contributed by atoms with Gasteiger partial charge in [0.2, 0.25) is 0 Å². The van der Waals surface area contributed by atoms with Crippen molar-refractivity contribution in [3.63, 3.8) is 0 Å². The van der Waals surface area contributed by atoms with Crippen molar-refractivity contribution in [1.29, 1.82) is 5.26 Å². The van der Waals surface area contributed by atoms with Crippen LogP contribution in [-0.4, -0.2) is 29.6 Å². The summed E-state index contributed by atoms with van der Waals surface area (Å²) in [5.41, 5.74) is 1.88. The van der Waals surface area contributed by atoms with Gasteiger partial charge >= 0.3 is 0 Å². The average molecular weight is 271 g/mol. The maximum atomic E-state index is 9.68. The number of nitriles is 1. The minimum absolute atomic E-state index is 0.418. The predicted molar refractivity (Wildman–Crippen MR) is 83.7 cm³/mol. The van der Waals surface area contributed by atoms with Crippen LogP contribution < -0.4 is 5.32 Å². The van der Waals surface area contributed by atoms with Gasteiger partial charge in [0.05, 0.1) is 6.07 Å². The van der Waals surface area contributed by atoms with Gasteiger partial charge in [0, 0.05) is 18.3 Å². The Kier molecular flexibility index (Phi) is 4.67. The topological polar surface area (TPSA) is 39.1 Å². The number of hydrogen-bond donors (Lipinski definition) is 1. The lowest BCUT2D eigenvalue weighted by atomic mass is 9.92. The summed E-state index contributed by atoms with van der Waals surface area (Å²) in [5.74, 6) is 0. The van der Waals surface area contributed by atoms with E-state index in [0.717, 1.165) is 38.0 Å². The van der Waals surface area contributed by atoms with E-state index < -0.39 is 5.54 Å². The lowest BCUT2D eigenvalue weighted by molar-refractivity contribution is 0.229. The zero-order valence-corrected chi connectivity index (χ0v) is 12.8. The van der Waals surface area contributed by atoms with Crippen molar-refractivity contribution >= 4 is 5.69 Å². The molecule has 0 bridgehead atoms. The Labute approximate surface area is 122 Å². The number of rotatable bonds is 3. The summed E-state index contributed by atoms with van der Waals surface area (Å²) in [6.45, 7) is 8.62. The van der Waals surface area contributed by atoms with Crippen LogP contribution in [0.5, 0.6) is 0 Å². The number of likely N-dealkylation sites (tertiary alicyclic amines) is 1. The predicted octanol–water partition coefficient (Wildman–Crippen LogP) is 3.56. The molecule has 1 aromatic rings. The van der Waals surface area contributed by atoms with E-state index in [-0.39, 0.29) is 0 Å². The van der Waals surface area contributed by atoms with Crippen LogP contribution in [0.4, 0.5) is 5.69 Å². The zero-order chi connectivity index (χ0) is 14.6. The van der Waals surface area contributed by atoms with Crippen molar-refractivity contribution in [2.45, 2.75) is 51.6 Å². The van der Waals surface area contributed by atoms with Crippen molar-refractivity contribution in [2.24, 2.45) is 0 Å². The van der Waals surface area contributed by atoms with Gasteiger partial charge in [-0.2, -0.15) is 5.26 Å². The molecular formula is C17H25N3. The highest BCUT2D eigenvalue weighted by molar-refractivity contribution is 5.48. The molecule has 0 aliphatic carbocycles. The molecule has 1 fully saturated rings. The fraction of sp³-hybridized carbons (Fsp3) is 0.588. The molecule has 20 heavy (non-hydrogen) atoms. The Morgan fingerprint density at radius 3 is 2.50 bits per heavy atom. The van der Waals surface area contributed by atoms with E-state index in [1.807, 2.05) is 0 Å². The van der Waals surface area contributed by atoms with Crippen LogP contribution in [0.25, 0.3) is 0 Å². The third-order valence-corrected chi connectivity index (χ3v) is 4.25. The van der Waals surface area contributed by atoms with E-state index in [1.165, 1.54) is 5.56 Å². The molecular weight excluding hydrogens is 246 g/mol. The van der Waals surface area contributed by atoms with E-state index in [9.17, 15) is 5.26 Å². The van der Waals surface area contributed by atoms with Gasteiger partial charge in [-0.1, -0.05) is 17.7 Å². The number of anilines is 1. The first kappa shape index (κ1) is 14.9. The van der Waals surface area contributed by atoms with Gasteiger partial charge in [0.25, 0.3) is 0 Å². The molecule has 0 aromatic heterocycles. The molecule has 1 aliphatic rings. The molecule has 1 heterocycles. The smallest absolute Gasteiger partial charge is 0.126 e. The third-order valence-electron chi connectivity index (χ3n) is 4.25. The van der Waals surface area contributed by atoms with Gasteiger partial charge in [-0.3, -0.25) is 0 Å². The van der Waals surface area contributed by atoms with Crippen LogP contribution >= 0.6 is 0 Å². The second-order valence-electron chi connectivity index (χ2n) is 6.17. The van der Waals surface area contributed by atoms with Crippen molar-refractivity contribution in [3.05, 3.63) is 29.8 Å². The van der Waals surface area contributed by atoms with Gasteiger partial charge in [0.15, 0.2) is 0 Å². The number of aryl methyl sites for hydroxylation is 1. The van der Waals surface area contributed by atoms with Gasteiger partial charge in [0.1, 0.15) is 5.54 Å². The number of nitrogens with one attached hydrogen (secondary N) is 1. The lowest BCUT2D eigenvalue weighted by Crippen LogP contribution is -2.38. The first-order chi connectivity index (χ1) is 9.54. The second kappa shape index (κ2) is 6.28. The third kappa shape index (κ3) is 3.52. The van der Waals surface area contributed by atoms with E-state index in [2.05, 4.69) is 61.3 Å².